The van der Waals surface area contributed by atoms with Gasteiger partial charge in [-0.05, 0) is 63.4 Å². The Balaban J connectivity index is 2.21. The summed E-state index contributed by atoms with van der Waals surface area (Å²) in [5.74, 6) is 0. The molecule has 1 aliphatic rings. The highest BCUT2D eigenvalue weighted by molar-refractivity contribution is 5.32. The molecule has 2 heteroatoms. The summed E-state index contributed by atoms with van der Waals surface area (Å²) in [4.78, 5) is 2.60. The number of hydrogen-bond donors (Lipinski definition) is 1. The van der Waals surface area contributed by atoms with Crippen molar-refractivity contribution < 1.29 is 0 Å². The van der Waals surface area contributed by atoms with E-state index in [4.69, 9.17) is 0 Å². The molecule has 118 valence electrons. The van der Waals surface area contributed by atoms with E-state index in [2.05, 4.69) is 55.4 Å². The van der Waals surface area contributed by atoms with Gasteiger partial charge in [-0.25, -0.2) is 0 Å². The van der Waals surface area contributed by atoms with Gasteiger partial charge < -0.3 is 10.2 Å². The van der Waals surface area contributed by atoms with Gasteiger partial charge in [0.15, 0.2) is 0 Å². The molecule has 0 amide bonds. The van der Waals surface area contributed by atoms with Crippen LogP contribution in [0.1, 0.15) is 63.1 Å². The third-order valence-corrected chi connectivity index (χ3v) is 4.77. The quantitative estimate of drug-likeness (QED) is 0.758. The van der Waals surface area contributed by atoms with Crippen LogP contribution in [0.15, 0.2) is 24.3 Å². The number of hydrogen-bond acceptors (Lipinski definition) is 2. The van der Waals surface area contributed by atoms with Gasteiger partial charge in [-0.1, -0.05) is 44.5 Å². The van der Waals surface area contributed by atoms with Crippen LogP contribution in [0.3, 0.4) is 0 Å². The molecule has 2 atom stereocenters. The van der Waals surface area contributed by atoms with Gasteiger partial charge in [-0.2, -0.15) is 0 Å². The summed E-state index contributed by atoms with van der Waals surface area (Å²) < 4.78 is 0. The second-order valence-electron chi connectivity index (χ2n) is 6.42. The fourth-order valence-electron chi connectivity index (χ4n) is 3.53. The minimum absolute atomic E-state index is 0.491. The molecule has 1 N–H and O–H groups in total. The molecule has 0 radical (unpaired) electrons. The lowest BCUT2D eigenvalue weighted by molar-refractivity contribution is 0.180. The Morgan fingerprint density at radius 2 is 2.00 bits per heavy atom. The monoisotopic (exact) mass is 288 g/mol. The molecule has 2 nitrogen and oxygen atoms in total. The highest BCUT2D eigenvalue weighted by Crippen LogP contribution is 2.31. The molecule has 1 aromatic carbocycles. The zero-order valence-corrected chi connectivity index (χ0v) is 14.1. The topological polar surface area (TPSA) is 15.3 Å². The lowest BCUT2D eigenvalue weighted by Gasteiger charge is -2.35. The standard InChI is InChI=1S/C19H32N2/c1-4-6-15-21(3)18-13-9-11-16-10-7-8-12-17(16)19(18)20-14-5-2/h7-8,10,12,18-20H,4-6,9,11,13-15H2,1-3H3. The first-order chi connectivity index (χ1) is 10.3. The molecule has 0 aliphatic heterocycles. The number of unbranched alkanes of at least 4 members (excludes halogenated alkanes) is 1. The Kier molecular flexibility index (Phi) is 6.72. The summed E-state index contributed by atoms with van der Waals surface area (Å²) in [6.07, 6.45) is 7.62. The second-order valence-corrected chi connectivity index (χ2v) is 6.42. The van der Waals surface area contributed by atoms with Gasteiger partial charge in [-0.3, -0.25) is 0 Å². The van der Waals surface area contributed by atoms with Gasteiger partial charge >= 0.3 is 0 Å². The van der Waals surface area contributed by atoms with Crippen LogP contribution in [-0.2, 0) is 6.42 Å². The van der Waals surface area contributed by atoms with Gasteiger partial charge in [-0.15, -0.1) is 0 Å². The number of fused-ring (bicyclic) bond motifs is 1. The lowest BCUT2D eigenvalue weighted by Crippen LogP contribution is -2.43. The highest BCUT2D eigenvalue weighted by atomic mass is 15.2. The van der Waals surface area contributed by atoms with Crippen molar-refractivity contribution in [1.29, 1.82) is 0 Å². The summed E-state index contributed by atoms with van der Waals surface area (Å²) in [6.45, 7) is 6.86. The molecule has 2 unspecified atom stereocenters. The molecule has 0 saturated heterocycles. The minimum Gasteiger partial charge on any atom is -0.309 e. The molecule has 0 bridgehead atoms. The van der Waals surface area contributed by atoms with E-state index in [0.717, 1.165) is 6.54 Å². The molecule has 0 aromatic heterocycles. The summed E-state index contributed by atoms with van der Waals surface area (Å²) >= 11 is 0. The van der Waals surface area contributed by atoms with Crippen LogP contribution in [0.5, 0.6) is 0 Å². The number of nitrogens with one attached hydrogen (secondary N) is 1. The van der Waals surface area contributed by atoms with E-state index in [9.17, 15) is 0 Å². The largest absolute Gasteiger partial charge is 0.309 e. The van der Waals surface area contributed by atoms with E-state index in [1.54, 1.807) is 5.56 Å². The third-order valence-electron chi connectivity index (χ3n) is 4.77. The van der Waals surface area contributed by atoms with Gasteiger partial charge in [0.05, 0.1) is 0 Å². The van der Waals surface area contributed by atoms with Gasteiger partial charge in [0, 0.05) is 12.1 Å². The van der Waals surface area contributed by atoms with Crippen molar-refractivity contribution in [3.05, 3.63) is 35.4 Å². The molecule has 0 saturated carbocycles. The van der Waals surface area contributed by atoms with Crippen molar-refractivity contribution in [3.63, 3.8) is 0 Å². The Labute approximate surface area is 130 Å². The van der Waals surface area contributed by atoms with Crippen molar-refractivity contribution in [2.45, 2.75) is 64.5 Å². The molecular weight excluding hydrogens is 256 g/mol. The van der Waals surface area contributed by atoms with Crippen LogP contribution in [0.25, 0.3) is 0 Å². The lowest BCUT2D eigenvalue weighted by atomic mass is 9.95. The average Bonchev–Trinajstić information content (AvgIpc) is 2.70. The van der Waals surface area contributed by atoms with E-state index in [1.807, 2.05) is 0 Å². The fourth-order valence-corrected chi connectivity index (χ4v) is 3.53. The van der Waals surface area contributed by atoms with Crippen LogP contribution in [0.2, 0.25) is 0 Å². The molecule has 0 fully saturated rings. The van der Waals surface area contributed by atoms with Gasteiger partial charge in [0.2, 0.25) is 0 Å². The van der Waals surface area contributed by atoms with Crippen LogP contribution in [0, 0.1) is 0 Å². The average molecular weight is 288 g/mol. The van der Waals surface area contributed by atoms with Crippen molar-refractivity contribution >= 4 is 0 Å². The molecule has 1 aliphatic carbocycles. The van der Waals surface area contributed by atoms with Crippen LogP contribution in [0.4, 0.5) is 0 Å². The molecule has 2 rings (SSSR count). The van der Waals surface area contributed by atoms with Crippen molar-refractivity contribution in [1.82, 2.24) is 10.2 Å². The Morgan fingerprint density at radius 1 is 1.19 bits per heavy atom. The summed E-state index contributed by atoms with van der Waals surface area (Å²) in [5, 5.41) is 3.83. The van der Waals surface area contributed by atoms with Crippen LogP contribution >= 0.6 is 0 Å². The van der Waals surface area contributed by atoms with Crippen molar-refractivity contribution in [3.8, 4) is 0 Å². The number of benzene rings is 1. The maximum Gasteiger partial charge on any atom is 0.0480 e. The predicted octanol–water partition coefficient (Wildman–Crippen LogP) is 4.16. The van der Waals surface area contributed by atoms with E-state index in [1.165, 1.54) is 50.6 Å². The number of rotatable bonds is 7. The molecule has 0 heterocycles. The maximum absolute atomic E-state index is 3.83. The molecule has 21 heavy (non-hydrogen) atoms. The van der Waals surface area contributed by atoms with Crippen LogP contribution < -0.4 is 5.32 Å². The zero-order chi connectivity index (χ0) is 15.1. The molecular formula is C19H32N2. The van der Waals surface area contributed by atoms with E-state index < -0.39 is 0 Å². The summed E-state index contributed by atoms with van der Waals surface area (Å²) in [7, 11) is 2.31. The predicted molar refractivity (Wildman–Crippen MR) is 91.7 cm³/mol. The first-order valence-corrected chi connectivity index (χ1v) is 8.79. The molecule has 1 aromatic rings. The highest BCUT2D eigenvalue weighted by Gasteiger charge is 2.29. The summed E-state index contributed by atoms with van der Waals surface area (Å²) in [5.41, 5.74) is 3.09. The van der Waals surface area contributed by atoms with Gasteiger partial charge in [0.1, 0.15) is 0 Å². The smallest absolute Gasteiger partial charge is 0.0480 e. The van der Waals surface area contributed by atoms with E-state index in [-0.39, 0.29) is 0 Å². The first-order valence-electron chi connectivity index (χ1n) is 8.79. The Bertz CT molecular complexity index is 416. The Morgan fingerprint density at radius 3 is 2.76 bits per heavy atom. The van der Waals surface area contributed by atoms with Crippen molar-refractivity contribution in [2.75, 3.05) is 20.1 Å². The van der Waals surface area contributed by atoms with Gasteiger partial charge in [0.25, 0.3) is 0 Å². The normalized spacial score (nSPS) is 22.1. The van der Waals surface area contributed by atoms with Crippen LogP contribution in [-0.4, -0.2) is 31.1 Å². The Hall–Kier alpha value is -0.860. The van der Waals surface area contributed by atoms with Crippen molar-refractivity contribution in [2.24, 2.45) is 0 Å². The first kappa shape index (κ1) is 16.5. The number of nitrogens with zero attached hydrogens (tertiary/aromatic N) is 1. The number of likely N-dealkylation sites (N-methyl/N-ethyl adjacent to an activating group) is 1. The van der Waals surface area contributed by atoms with E-state index in [0.29, 0.717) is 12.1 Å². The summed E-state index contributed by atoms with van der Waals surface area (Å²) in [6, 6.07) is 10.2. The molecule has 0 spiro atoms. The second kappa shape index (κ2) is 8.55. The maximum atomic E-state index is 3.83. The zero-order valence-electron chi connectivity index (χ0n) is 14.1. The number of aryl methyl sites for hydroxylation is 1. The SMILES string of the molecule is CCCCN(C)C1CCCc2ccccc2C1NCCC. The third kappa shape index (κ3) is 4.31. The minimum atomic E-state index is 0.491. The van der Waals surface area contributed by atoms with E-state index >= 15 is 0 Å². The fraction of sp³-hybridized carbons (Fsp3) is 0.684.